The van der Waals surface area contributed by atoms with E-state index in [1.54, 1.807) is 4.90 Å². The minimum absolute atomic E-state index is 0.0978. The zero-order valence-electron chi connectivity index (χ0n) is 14.4. The smallest absolute Gasteiger partial charge is 0.240 e. The Morgan fingerprint density at radius 1 is 1.21 bits per heavy atom. The monoisotopic (exact) mass is 348 g/mol. The number of aryl methyl sites for hydroxylation is 1. The first-order valence-electron chi connectivity index (χ1n) is 8.21. The Balaban J connectivity index is 1.88. The van der Waals surface area contributed by atoms with Gasteiger partial charge in [0.05, 0.1) is 10.2 Å². The molecule has 0 aliphatic carbocycles. The van der Waals surface area contributed by atoms with Gasteiger partial charge in [-0.15, -0.1) is 5.10 Å². The number of rotatable bonds is 7. The SMILES string of the molecule is CCN(CC)C(=O)CCCC(=O)N/N=c1\sc2ccccc2n1C. The number of benzene rings is 1. The third kappa shape index (κ3) is 4.44. The Morgan fingerprint density at radius 2 is 1.92 bits per heavy atom. The summed E-state index contributed by atoms with van der Waals surface area (Å²) >= 11 is 1.53. The highest BCUT2D eigenvalue weighted by Gasteiger charge is 2.10. The van der Waals surface area contributed by atoms with Crippen molar-refractivity contribution in [2.75, 3.05) is 13.1 Å². The second kappa shape index (κ2) is 8.63. The number of nitrogens with zero attached hydrogens (tertiary/aromatic N) is 3. The second-order valence-corrected chi connectivity index (χ2v) is 6.49. The second-order valence-electron chi connectivity index (χ2n) is 5.48. The molecule has 2 rings (SSSR count). The normalized spacial score (nSPS) is 11.7. The summed E-state index contributed by atoms with van der Waals surface area (Å²) in [6, 6.07) is 8.00. The molecule has 0 saturated heterocycles. The number of aromatic nitrogens is 1. The number of nitrogens with one attached hydrogen (secondary N) is 1. The van der Waals surface area contributed by atoms with Crippen LogP contribution in [0.25, 0.3) is 10.2 Å². The van der Waals surface area contributed by atoms with Gasteiger partial charge in [-0.05, 0) is 32.4 Å². The summed E-state index contributed by atoms with van der Waals surface area (Å²) in [6.45, 7) is 5.33. The van der Waals surface area contributed by atoms with Crippen LogP contribution in [0.4, 0.5) is 0 Å². The molecule has 0 radical (unpaired) electrons. The van der Waals surface area contributed by atoms with Crippen LogP contribution in [0.3, 0.4) is 0 Å². The number of para-hydroxylation sites is 1. The highest BCUT2D eigenvalue weighted by molar-refractivity contribution is 7.16. The third-order valence-electron chi connectivity index (χ3n) is 3.90. The lowest BCUT2D eigenvalue weighted by Crippen LogP contribution is -2.30. The molecule has 130 valence electrons. The van der Waals surface area contributed by atoms with Gasteiger partial charge in [0.15, 0.2) is 0 Å². The molecule has 0 atom stereocenters. The summed E-state index contributed by atoms with van der Waals surface area (Å²) in [5, 5.41) is 4.19. The van der Waals surface area contributed by atoms with Crippen molar-refractivity contribution in [2.24, 2.45) is 12.1 Å². The summed E-state index contributed by atoms with van der Waals surface area (Å²) < 4.78 is 3.07. The van der Waals surface area contributed by atoms with Crippen LogP contribution >= 0.6 is 11.3 Å². The Labute approximate surface area is 145 Å². The number of fused-ring (bicyclic) bond motifs is 1. The molecule has 1 heterocycles. The maximum absolute atomic E-state index is 11.9. The summed E-state index contributed by atoms with van der Waals surface area (Å²) in [5.41, 5.74) is 3.67. The number of amides is 2. The number of hydrogen-bond acceptors (Lipinski definition) is 4. The van der Waals surface area contributed by atoms with Crippen molar-refractivity contribution in [3.05, 3.63) is 29.1 Å². The van der Waals surface area contributed by atoms with Gasteiger partial charge < -0.3 is 9.47 Å². The van der Waals surface area contributed by atoms with Crippen molar-refractivity contribution >= 4 is 33.4 Å². The van der Waals surface area contributed by atoms with Crippen LogP contribution in [0.2, 0.25) is 0 Å². The van der Waals surface area contributed by atoms with Gasteiger partial charge in [0, 0.05) is 33.0 Å². The molecule has 6 nitrogen and oxygen atoms in total. The third-order valence-corrected chi connectivity index (χ3v) is 5.01. The Hall–Kier alpha value is -2.15. The Morgan fingerprint density at radius 3 is 2.58 bits per heavy atom. The molecular weight excluding hydrogens is 324 g/mol. The van der Waals surface area contributed by atoms with Gasteiger partial charge in [0.2, 0.25) is 16.6 Å². The topological polar surface area (TPSA) is 66.7 Å². The van der Waals surface area contributed by atoms with Crippen LogP contribution < -0.4 is 10.2 Å². The van der Waals surface area contributed by atoms with Crippen LogP contribution in [0.1, 0.15) is 33.1 Å². The van der Waals surface area contributed by atoms with Crippen molar-refractivity contribution in [1.29, 1.82) is 0 Å². The van der Waals surface area contributed by atoms with Crippen LogP contribution in [-0.4, -0.2) is 34.4 Å². The largest absolute Gasteiger partial charge is 0.343 e. The van der Waals surface area contributed by atoms with E-state index in [2.05, 4.69) is 10.5 Å². The molecule has 24 heavy (non-hydrogen) atoms. The van der Waals surface area contributed by atoms with Gasteiger partial charge in [-0.25, -0.2) is 5.43 Å². The van der Waals surface area contributed by atoms with Crippen molar-refractivity contribution < 1.29 is 9.59 Å². The quantitative estimate of drug-likeness (QED) is 0.780. The van der Waals surface area contributed by atoms with E-state index in [4.69, 9.17) is 0 Å². The maximum atomic E-state index is 11.9. The highest BCUT2D eigenvalue weighted by atomic mass is 32.1. The van der Waals surface area contributed by atoms with E-state index < -0.39 is 0 Å². The zero-order chi connectivity index (χ0) is 17.5. The van der Waals surface area contributed by atoms with Gasteiger partial charge >= 0.3 is 0 Å². The molecule has 1 aromatic heterocycles. The average molecular weight is 348 g/mol. The number of carbonyl (C=O) groups is 2. The van der Waals surface area contributed by atoms with Crippen molar-refractivity contribution in [3.63, 3.8) is 0 Å². The highest BCUT2D eigenvalue weighted by Crippen LogP contribution is 2.14. The van der Waals surface area contributed by atoms with Crippen molar-refractivity contribution in [2.45, 2.75) is 33.1 Å². The van der Waals surface area contributed by atoms with Crippen LogP contribution in [0.15, 0.2) is 29.4 Å². The lowest BCUT2D eigenvalue weighted by molar-refractivity contribution is -0.131. The van der Waals surface area contributed by atoms with E-state index in [-0.39, 0.29) is 11.8 Å². The van der Waals surface area contributed by atoms with E-state index in [1.807, 2.05) is 49.7 Å². The van der Waals surface area contributed by atoms with E-state index in [9.17, 15) is 9.59 Å². The van der Waals surface area contributed by atoms with Crippen molar-refractivity contribution in [3.8, 4) is 0 Å². The van der Waals surface area contributed by atoms with Crippen molar-refractivity contribution in [1.82, 2.24) is 14.9 Å². The first-order chi connectivity index (χ1) is 11.6. The summed E-state index contributed by atoms with van der Waals surface area (Å²) in [7, 11) is 1.92. The molecule has 2 aromatic rings. The standard InChI is InChI=1S/C17H24N4O2S/c1-4-21(5-2)16(23)12-8-11-15(22)18-19-17-20(3)13-9-6-7-10-14(13)24-17/h6-7,9-10H,4-5,8,11-12H2,1-3H3,(H,18,22)/b19-17-. The van der Waals surface area contributed by atoms with Gasteiger partial charge in [0.1, 0.15) is 0 Å². The molecule has 0 fully saturated rings. The zero-order valence-corrected chi connectivity index (χ0v) is 15.2. The van der Waals surface area contributed by atoms with Crippen LogP contribution in [0.5, 0.6) is 0 Å². The molecule has 0 saturated carbocycles. The molecule has 0 unspecified atom stereocenters. The number of thiazole rings is 1. The first kappa shape index (κ1) is 18.2. The van der Waals surface area contributed by atoms with E-state index >= 15 is 0 Å². The predicted octanol–water partition coefficient (Wildman–Crippen LogP) is 2.21. The van der Waals surface area contributed by atoms with Gasteiger partial charge in [-0.2, -0.15) is 0 Å². The molecule has 0 aliphatic heterocycles. The number of carbonyl (C=O) groups excluding carboxylic acids is 2. The van der Waals surface area contributed by atoms with E-state index in [0.717, 1.165) is 15.0 Å². The predicted molar refractivity (Wildman–Crippen MR) is 96.3 cm³/mol. The maximum Gasteiger partial charge on any atom is 0.240 e. The Bertz CT molecular complexity index is 774. The molecule has 1 N–H and O–H groups in total. The molecule has 7 heteroatoms. The fourth-order valence-electron chi connectivity index (χ4n) is 2.49. The molecule has 0 spiro atoms. The summed E-state index contributed by atoms with van der Waals surface area (Å²) in [5.74, 6) is -0.0690. The average Bonchev–Trinajstić information content (AvgIpc) is 2.90. The minimum Gasteiger partial charge on any atom is -0.343 e. The molecule has 1 aromatic carbocycles. The van der Waals surface area contributed by atoms with Gasteiger partial charge in [-0.3, -0.25) is 9.59 Å². The fourth-order valence-corrected chi connectivity index (χ4v) is 3.47. The van der Waals surface area contributed by atoms with E-state index in [0.29, 0.717) is 32.4 Å². The first-order valence-corrected chi connectivity index (χ1v) is 9.03. The summed E-state index contributed by atoms with van der Waals surface area (Å²) in [6.07, 6.45) is 1.23. The van der Waals surface area contributed by atoms with E-state index in [1.165, 1.54) is 11.3 Å². The summed E-state index contributed by atoms with van der Waals surface area (Å²) in [4.78, 5) is 26.3. The Kier molecular flexibility index (Phi) is 6.54. The lowest BCUT2D eigenvalue weighted by Gasteiger charge is -2.18. The van der Waals surface area contributed by atoms with Gasteiger partial charge in [0.25, 0.3) is 0 Å². The number of hydrogen-bond donors (Lipinski definition) is 1. The lowest BCUT2D eigenvalue weighted by atomic mass is 10.2. The molecule has 0 bridgehead atoms. The van der Waals surface area contributed by atoms with Crippen LogP contribution in [-0.2, 0) is 16.6 Å². The molecule has 2 amide bonds. The molecular formula is C17H24N4O2S. The minimum atomic E-state index is -0.167. The van der Waals surface area contributed by atoms with Gasteiger partial charge in [-0.1, -0.05) is 23.5 Å². The van der Waals surface area contributed by atoms with Crippen LogP contribution in [0, 0.1) is 0 Å². The fraction of sp³-hybridized carbons (Fsp3) is 0.471. The molecule has 0 aliphatic rings.